The van der Waals surface area contributed by atoms with E-state index < -0.39 is 29.5 Å². The number of fused-ring (bicyclic) bond motifs is 2. The molecule has 2 aromatic rings. The van der Waals surface area contributed by atoms with Gasteiger partial charge in [0.25, 0.3) is 0 Å². The fourth-order valence-corrected chi connectivity index (χ4v) is 17.0. The van der Waals surface area contributed by atoms with Gasteiger partial charge in [-0.3, -0.25) is 4.57 Å². The van der Waals surface area contributed by atoms with Crippen LogP contribution in [0.3, 0.4) is 0 Å². The lowest BCUT2D eigenvalue weighted by atomic mass is 10.1. The molecule has 0 radical (unpaired) electrons. The van der Waals surface area contributed by atoms with Gasteiger partial charge in [-0.05, 0) is 22.2 Å². The first-order valence-corrected chi connectivity index (χ1v) is 16.8. The number of hydrogen-bond acceptors (Lipinski definition) is 8. The molecule has 12 heteroatoms. The van der Waals surface area contributed by atoms with Crippen molar-refractivity contribution in [1.82, 2.24) is 19.5 Å². The van der Waals surface area contributed by atoms with Gasteiger partial charge in [-0.15, -0.1) is 0 Å². The Morgan fingerprint density at radius 3 is 2.17 bits per heavy atom. The molecule has 4 rings (SSSR count). The fourth-order valence-electron chi connectivity index (χ4n) is 5.61. The van der Waals surface area contributed by atoms with Gasteiger partial charge in [-0.1, -0.05) is 67.0 Å². The van der Waals surface area contributed by atoms with Crippen molar-refractivity contribution in [2.45, 2.75) is 102 Å². The summed E-state index contributed by atoms with van der Waals surface area (Å²) in [7, 11) is -3.77. The van der Waals surface area contributed by atoms with Gasteiger partial charge in [0.2, 0.25) is 0 Å². The van der Waals surface area contributed by atoms with Crippen molar-refractivity contribution in [2.24, 2.45) is 0 Å². The molecule has 0 amide bonds. The largest absolute Gasteiger partial charge is 0.414 e. The van der Waals surface area contributed by atoms with Crippen LogP contribution in [0.2, 0.25) is 27.3 Å². The summed E-state index contributed by atoms with van der Waals surface area (Å²) in [6.07, 6.45) is 1.51. The first kappa shape index (κ1) is 27.1. The number of ether oxygens (including phenoxy) is 2. The normalized spacial score (nSPS) is 28.7. The van der Waals surface area contributed by atoms with Gasteiger partial charge in [0, 0.05) is 7.11 Å². The predicted octanol–water partition coefficient (Wildman–Crippen LogP) is 5.35. The number of rotatable bonds is 6. The van der Waals surface area contributed by atoms with E-state index in [-0.39, 0.29) is 34.4 Å². The average molecular weight is 543 g/mol. The number of aromatic nitrogens is 4. The van der Waals surface area contributed by atoms with Crippen LogP contribution < -0.4 is 0 Å². The minimum atomic E-state index is -2.80. The molecule has 0 spiro atoms. The SMILES string of the molecule is COC1[C@H]2O[Si](C(C)C)(C(C)C)O[Si](C(C)C)(C(C)C)OC[C@H]2O[C@H]1n1cnc2c(Cl)ncnc21. The summed E-state index contributed by atoms with van der Waals surface area (Å²) < 4.78 is 35.8. The van der Waals surface area contributed by atoms with Crippen molar-refractivity contribution in [3.63, 3.8) is 0 Å². The van der Waals surface area contributed by atoms with Gasteiger partial charge in [0.05, 0.1) is 12.9 Å². The molecule has 35 heavy (non-hydrogen) atoms. The maximum Gasteiger partial charge on any atom is 0.335 e. The summed E-state index contributed by atoms with van der Waals surface area (Å²) in [5, 5.41) is 0.301. The molecule has 2 aliphatic heterocycles. The van der Waals surface area contributed by atoms with E-state index in [9.17, 15) is 0 Å². The molecule has 4 heterocycles. The molecular weight excluding hydrogens is 504 g/mol. The first-order valence-electron chi connectivity index (χ1n) is 12.5. The zero-order valence-electron chi connectivity index (χ0n) is 22.2. The number of hydrogen-bond donors (Lipinski definition) is 0. The molecule has 0 aromatic carbocycles. The van der Waals surface area contributed by atoms with Gasteiger partial charge in [0.15, 0.2) is 17.0 Å². The summed E-state index contributed by atoms with van der Waals surface area (Å²) in [6, 6.07) is 0. The van der Waals surface area contributed by atoms with Crippen molar-refractivity contribution in [1.29, 1.82) is 0 Å². The van der Waals surface area contributed by atoms with Crippen molar-refractivity contribution in [3.05, 3.63) is 17.8 Å². The van der Waals surface area contributed by atoms with E-state index in [1.54, 1.807) is 13.4 Å². The minimum absolute atomic E-state index is 0.214. The third-order valence-electron chi connectivity index (χ3n) is 7.48. The molecule has 196 valence electrons. The highest BCUT2D eigenvalue weighted by atomic mass is 35.5. The second-order valence-electron chi connectivity index (χ2n) is 10.8. The lowest BCUT2D eigenvalue weighted by Gasteiger charge is -2.51. The summed E-state index contributed by atoms with van der Waals surface area (Å²) >= 11 is 6.26. The minimum Gasteiger partial charge on any atom is -0.414 e. The van der Waals surface area contributed by atoms with Gasteiger partial charge < -0.3 is 22.4 Å². The highest BCUT2D eigenvalue weighted by Gasteiger charge is 2.62. The molecular formula is C23H39ClN4O5Si2. The standard InChI is InChI=1S/C23H39ClN4O5Si2/c1-13(2)34(14(3)4)30-10-17-19(32-35(33-34,15(5)6)16(7)8)20(29-9)23(31-17)28-12-27-18-21(24)25-11-26-22(18)28/h11-17,19-20,23H,10H2,1-9H3/t17-,19+,20?,23-/m1/s1. The predicted molar refractivity (Wildman–Crippen MR) is 139 cm³/mol. The average Bonchev–Trinajstić information content (AvgIpc) is 3.34. The Balaban J connectivity index is 1.80. The maximum atomic E-state index is 7.29. The van der Waals surface area contributed by atoms with Crippen LogP contribution in [-0.4, -0.2) is 68.7 Å². The molecule has 0 aliphatic carbocycles. The molecule has 0 bridgehead atoms. The smallest absolute Gasteiger partial charge is 0.335 e. The van der Waals surface area contributed by atoms with E-state index in [0.717, 1.165) is 0 Å². The lowest BCUT2D eigenvalue weighted by molar-refractivity contribution is -0.0602. The molecule has 0 saturated carbocycles. The Bertz CT molecular complexity index is 1020. The third-order valence-corrected chi connectivity index (χ3v) is 18.0. The van der Waals surface area contributed by atoms with E-state index in [0.29, 0.717) is 22.9 Å². The van der Waals surface area contributed by atoms with E-state index in [2.05, 4.69) is 70.3 Å². The quantitative estimate of drug-likeness (QED) is 0.356. The number of imidazole rings is 1. The zero-order valence-corrected chi connectivity index (χ0v) is 24.9. The highest BCUT2D eigenvalue weighted by molar-refractivity contribution is 6.84. The summed E-state index contributed by atoms with van der Waals surface area (Å²) in [5.41, 5.74) is 2.07. The van der Waals surface area contributed by atoms with Crippen LogP contribution in [0, 0.1) is 0 Å². The van der Waals surface area contributed by atoms with Crippen LogP contribution in [-0.2, 0) is 22.4 Å². The van der Waals surface area contributed by atoms with Gasteiger partial charge >= 0.3 is 17.1 Å². The molecule has 0 N–H and O–H groups in total. The van der Waals surface area contributed by atoms with Crippen molar-refractivity contribution in [2.75, 3.05) is 13.7 Å². The monoisotopic (exact) mass is 542 g/mol. The Kier molecular flexibility index (Phi) is 7.82. The van der Waals surface area contributed by atoms with Gasteiger partial charge in [-0.2, -0.15) is 0 Å². The highest BCUT2D eigenvalue weighted by Crippen LogP contribution is 2.48. The second-order valence-corrected chi connectivity index (χ2v) is 20.0. The molecule has 1 unspecified atom stereocenters. The van der Waals surface area contributed by atoms with E-state index >= 15 is 0 Å². The molecule has 2 saturated heterocycles. The van der Waals surface area contributed by atoms with Gasteiger partial charge in [-0.25, -0.2) is 15.0 Å². The van der Waals surface area contributed by atoms with Gasteiger partial charge in [0.1, 0.15) is 30.2 Å². The van der Waals surface area contributed by atoms with E-state index in [1.165, 1.54) is 6.33 Å². The Morgan fingerprint density at radius 1 is 0.971 bits per heavy atom. The molecule has 4 atom stereocenters. The maximum absolute atomic E-state index is 7.29. The summed E-state index contributed by atoms with van der Waals surface area (Å²) in [4.78, 5) is 12.9. The van der Waals surface area contributed by atoms with Crippen molar-refractivity contribution >= 4 is 39.9 Å². The van der Waals surface area contributed by atoms with Crippen LogP contribution >= 0.6 is 11.6 Å². The van der Waals surface area contributed by atoms with Crippen LogP contribution in [0.1, 0.15) is 61.6 Å². The van der Waals surface area contributed by atoms with Crippen molar-refractivity contribution < 1.29 is 22.4 Å². The van der Waals surface area contributed by atoms with Crippen LogP contribution in [0.5, 0.6) is 0 Å². The molecule has 2 aliphatic rings. The van der Waals surface area contributed by atoms with E-state index in [1.807, 2.05) is 4.57 Å². The topological polar surface area (TPSA) is 89.8 Å². The fraction of sp³-hybridized carbons (Fsp3) is 0.783. The molecule has 9 nitrogen and oxygen atoms in total. The van der Waals surface area contributed by atoms with E-state index in [4.69, 9.17) is 34.0 Å². The number of halogens is 1. The Labute approximate surface area is 215 Å². The third kappa shape index (κ3) is 4.41. The van der Waals surface area contributed by atoms with Crippen LogP contribution in [0.25, 0.3) is 11.2 Å². The second kappa shape index (κ2) is 10.1. The Morgan fingerprint density at radius 2 is 1.60 bits per heavy atom. The Hall–Kier alpha value is -0.926. The van der Waals surface area contributed by atoms with Crippen LogP contribution in [0.15, 0.2) is 12.7 Å². The molecule has 2 fully saturated rings. The van der Waals surface area contributed by atoms with Crippen molar-refractivity contribution in [3.8, 4) is 0 Å². The summed E-state index contributed by atoms with van der Waals surface area (Å²) in [5.74, 6) is 0. The summed E-state index contributed by atoms with van der Waals surface area (Å²) in [6.45, 7) is 18.1. The first-order chi connectivity index (χ1) is 16.5. The van der Waals surface area contributed by atoms with Crippen LogP contribution in [0.4, 0.5) is 0 Å². The number of nitrogens with zero attached hydrogens (tertiary/aromatic N) is 4. The molecule has 2 aromatic heterocycles. The number of methoxy groups -OCH3 is 1. The zero-order chi connectivity index (χ0) is 25.7. The lowest BCUT2D eigenvalue weighted by Crippen LogP contribution is -2.65.